The lowest BCUT2D eigenvalue weighted by atomic mass is 10.0. The zero-order chi connectivity index (χ0) is 11.5. The lowest BCUT2D eigenvalue weighted by Gasteiger charge is -2.24. The molecule has 0 aromatic heterocycles. The molecule has 4 nitrogen and oxygen atoms in total. The van der Waals surface area contributed by atoms with Crippen LogP contribution in [-0.2, 0) is 9.53 Å². The first-order chi connectivity index (χ1) is 6.90. The van der Waals surface area contributed by atoms with Crippen molar-refractivity contribution in [3.05, 3.63) is 12.4 Å². The van der Waals surface area contributed by atoms with Gasteiger partial charge in [-0.3, -0.25) is 9.79 Å². The van der Waals surface area contributed by atoms with E-state index in [2.05, 4.69) is 10.3 Å². The number of aliphatic imine (C=N–C) groups is 1. The third kappa shape index (κ3) is 3.73. The lowest BCUT2D eigenvalue weighted by Crippen LogP contribution is -2.39. The summed E-state index contributed by atoms with van der Waals surface area (Å²) >= 11 is 0. The molecule has 0 aromatic carbocycles. The smallest absolute Gasteiger partial charge is 0.317 e. The van der Waals surface area contributed by atoms with E-state index in [4.69, 9.17) is 4.74 Å². The number of hydrogen-bond acceptors (Lipinski definition) is 4. The molecule has 2 atom stereocenters. The number of ether oxygens (including phenoxy) is 1. The van der Waals surface area contributed by atoms with Gasteiger partial charge in [-0.05, 0) is 27.7 Å². The van der Waals surface area contributed by atoms with E-state index in [1.165, 1.54) is 0 Å². The van der Waals surface area contributed by atoms with Gasteiger partial charge in [0.25, 0.3) is 0 Å². The molecular weight excluding hydrogens is 192 g/mol. The minimum absolute atomic E-state index is 0.00218. The van der Waals surface area contributed by atoms with Crippen molar-refractivity contribution in [3.63, 3.8) is 0 Å². The van der Waals surface area contributed by atoms with E-state index >= 15 is 0 Å². The monoisotopic (exact) mass is 210 g/mol. The number of rotatable bonds is 1. The molecule has 84 valence electrons. The van der Waals surface area contributed by atoms with Crippen LogP contribution in [0.2, 0.25) is 0 Å². The number of carbonyl (C=O) groups is 1. The van der Waals surface area contributed by atoms with Gasteiger partial charge in [-0.15, -0.1) is 0 Å². The summed E-state index contributed by atoms with van der Waals surface area (Å²) in [5, 5.41) is 3.05. The van der Waals surface area contributed by atoms with Crippen LogP contribution in [0.25, 0.3) is 0 Å². The molecule has 1 N–H and O–H groups in total. The van der Waals surface area contributed by atoms with Crippen LogP contribution in [0.15, 0.2) is 17.4 Å². The Hall–Kier alpha value is -1.32. The summed E-state index contributed by atoms with van der Waals surface area (Å²) in [4.78, 5) is 15.8. The highest BCUT2D eigenvalue weighted by Crippen LogP contribution is 2.13. The Morgan fingerprint density at radius 2 is 2.13 bits per heavy atom. The van der Waals surface area contributed by atoms with Gasteiger partial charge in [0, 0.05) is 24.7 Å². The van der Waals surface area contributed by atoms with Crippen molar-refractivity contribution in [1.29, 1.82) is 0 Å². The fraction of sp³-hybridized carbons (Fsp3) is 0.636. The van der Waals surface area contributed by atoms with Crippen LogP contribution in [0.4, 0.5) is 0 Å². The summed E-state index contributed by atoms with van der Waals surface area (Å²) in [6.07, 6.45) is 4.97. The zero-order valence-electron chi connectivity index (χ0n) is 9.65. The molecule has 4 heteroatoms. The maximum Gasteiger partial charge on any atom is 0.317 e. The molecule has 1 aliphatic heterocycles. The molecule has 0 saturated carbocycles. The second kappa shape index (κ2) is 4.47. The quantitative estimate of drug-likeness (QED) is 0.667. The number of nitrogens with one attached hydrogen (secondary N) is 1. The molecule has 0 bridgehead atoms. The summed E-state index contributed by atoms with van der Waals surface area (Å²) in [5.41, 5.74) is -0.454. The van der Waals surface area contributed by atoms with Gasteiger partial charge in [0.05, 0.1) is 0 Å². The summed E-state index contributed by atoms with van der Waals surface area (Å²) in [6, 6.07) is 0.00218. The molecule has 0 fully saturated rings. The second-order valence-electron chi connectivity index (χ2n) is 4.63. The number of carbonyl (C=O) groups excluding carboxylic acids is 1. The van der Waals surface area contributed by atoms with Crippen molar-refractivity contribution >= 4 is 12.2 Å². The van der Waals surface area contributed by atoms with E-state index in [1.807, 2.05) is 27.7 Å². The van der Waals surface area contributed by atoms with E-state index in [0.29, 0.717) is 0 Å². The van der Waals surface area contributed by atoms with E-state index < -0.39 is 5.60 Å². The molecule has 0 radical (unpaired) electrons. The highest BCUT2D eigenvalue weighted by atomic mass is 16.6. The van der Waals surface area contributed by atoms with Crippen molar-refractivity contribution in [1.82, 2.24) is 5.32 Å². The molecule has 0 amide bonds. The molecular formula is C11H18N2O2. The summed E-state index contributed by atoms with van der Waals surface area (Å²) in [5.74, 6) is -0.575. The maximum atomic E-state index is 11.8. The van der Waals surface area contributed by atoms with Crippen molar-refractivity contribution < 1.29 is 9.53 Å². The van der Waals surface area contributed by atoms with Gasteiger partial charge in [0.2, 0.25) is 0 Å². The molecule has 0 saturated heterocycles. The highest BCUT2D eigenvalue weighted by Gasteiger charge is 2.28. The number of nitrogens with zero attached hydrogens (tertiary/aromatic N) is 1. The lowest BCUT2D eigenvalue weighted by molar-refractivity contribution is -0.157. The molecule has 2 unspecified atom stereocenters. The predicted octanol–water partition coefficient (Wildman–Crippen LogP) is 1.48. The van der Waals surface area contributed by atoms with Crippen LogP contribution in [0.1, 0.15) is 27.7 Å². The third-order valence-corrected chi connectivity index (χ3v) is 1.98. The Morgan fingerprint density at radius 3 is 2.73 bits per heavy atom. The van der Waals surface area contributed by atoms with Crippen LogP contribution in [0, 0.1) is 5.92 Å². The zero-order valence-corrected chi connectivity index (χ0v) is 9.65. The predicted molar refractivity (Wildman–Crippen MR) is 59.6 cm³/mol. The van der Waals surface area contributed by atoms with Gasteiger partial charge in [0.15, 0.2) is 0 Å². The molecule has 0 aromatic rings. The summed E-state index contributed by atoms with van der Waals surface area (Å²) < 4.78 is 5.31. The minimum Gasteiger partial charge on any atom is -0.459 e. The fourth-order valence-corrected chi connectivity index (χ4v) is 1.25. The topological polar surface area (TPSA) is 50.7 Å². The van der Waals surface area contributed by atoms with Gasteiger partial charge in [-0.25, -0.2) is 0 Å². The van der Waals surface area contributed by atoms with E-state index in [0.717, 1.165) is 0 Å². The van der Waals surface area contributed by atoms with Gasteiger partial charge in [0.1, 0.15) is 11.5 Å². The van der Waals surface area contributed by atoms with Crippen molar-refractivity contribution in [2.45, 2.75) is 39.3 Å². The van der Waals surface area contributed by atoms with Crippen LogP contribution >= 0.6 is 0 Å². The average Bonchev–Trinajstić information content (AvgIpc) is 2.26. The van der Waals surface area contributed by atoms with Gasteiger partial charge < -0.3 is 10.1 Å². The second-order valence-corrected chi connectivity index (χ2v) is 4.63. The van der Waals surface area contributed by atoms with E-state index in [1.54, 1.807) is 18.6 Å². The fourth-order valence-electron chi connectivity index (χ4n) is 1.25. The molecule has 0 aliphatic carbocycles. The normalized spacial score (nSPS) is 25.6. The Labute approximate surface area is 90.4 Å². The van der Waals surface area contributed by atoms with Gasteiger partial charge in [-0.1, -0.05) is 0 Å². The first-order valence-corrected chi connectivity index (χ1v) is 5.07. The first-order valence-electron chi connectivity index (χ1n) is 5.07. The standard InChI is InChI=1S/C11H18N2O2/c1-8-9(7-12-5-6-13-8)10(14)15-11(2,3)4/h5-9,13H,1-4H3. The molecule has 1 heterocycles. The maximum absolute atomic E-state index is 11.8. The number of hydrogen-bond donors (Lipinski definition) is 1. The van der Waals surface area contributed by atoms with Crippen LogP contribution in [0.5, 0.6) is 0 Å². The Bertz CT molecular complexity index is 289. The van der Waals surface area contributed by atoms with Crippen molar-refractivity contribution in [2.24, 2.45) is 10.9 Å². The third-order valence-electron chi connectivity index (χ3n) is 1.98. The van der Waals surface area contributed by atoms with Crippen LogP contribution < -0.4 is 5.32 Å². The molecule has 15 heavy (non-hydrogen) atoms. The SMILES string of the molecule is CC1NC=CN=CC1C(=O)OC(C)(C)C. The Morgan fingerprint density at radius 1 is 1.47 bits per heavy atom. The first kappa shape index (κ1) is 11.8. The van der Waals surface area contributed by atoms with Gasteiger partial charge in [-0.2, -0.15) is 0 Å². The molecule has 1 aliphatic rings. The van der Waals surface area contributed by atoms with Crippen LogP contribution in [0.3, 0.4) is 0 Å². The molecule has 1 rings (SSSR count). The van der Waals surface area contributed by atoms with Crippen molar-refractivity contribution in [3.8, 4) is 0 Å². The van der Waals surface area contributed by atoms with E-state index in [9.17, 15) is 4.79 Å². The van der Waals surface area contributed by atoms with E-state index in [-0.39, 0.29) is 17.9 Å². The highest BCUT2D eigenvalue weighted by molar-refractivity contribution is 5.91. The Balaban J connectivity index is 2.66. The summed E-state index contributed by atoms with van der Waals surface area (Å²) in [7, 11) is 0. The van der Waals surface area contributed by atoms with Crippen molar-refractivity contribution in [2.75, 3.05) is 0 Å². The largest absolute Gasteiger partial charge is 0.459 e. The van der Waals surface area contributed by atoms with Gasteiger partial charge >= 0.3 is 5.97 Å². The molecule has 0 spiro atoms. The summed E-state index contributed by atoms with van der Waals surface area (Å²) in [6.45, 7) is 7.50. The number of esters is 1. The Kier molecular flexibility index (Phi) is 3.50. The average molecular weight is 210 g/mol. The minimum atomic E-state index is -0.454. The van der Waals surface area contributed by atoms with Crippen LogP contribution in [-0.4, -0.2) is 23.8 Å².